The maximum atomic E-state index is 9.65. The quantitative estimate of drug-likeness (QED) is 0.829. The Hall–Kier alpha value is -1.27. The van der Waals surface area contributed by atoms with Crippen LogP contribution in [0, 0.1) is 16.7 Å². The van der Waals surface area contributed by atoms with Crippen molar-refractivity contribution in [3.05, 3.63) is 24.0 Å². The molecule has 0 spiro atoms. The van der Waals surface area contributed by atoms with Gasteiger partial charge in [-0.15, -0.1) is 0 Å². The van der Waals surface area contributed by atoms with E-state index < -0.39 is 0 Å². The zero-order chi connectivity index (χ0) is 12.2. The molecule has 1 unspecified atom stereocenters. The van der Waals surface area contributed by atoms with Crippen molar-refractivity contribution in [2.75, 3.05) is 0 Å². The second-order valence-corrected chi connectivity index (χ2v) is 4.85. The van der Waals surface area contributed by atoms with Gasteiger partial charge in [-0.1, -0.05) is 6.92 Å². The molecule has 0 aliphatic rings. The van der Waals surface area contributed by atoms with Crippen molar-refractivity contribution in [3.63, 3.8) is 0 Å². The van der Waals surface area contributed by atoms with Gasteiger partial charge in [-0.2, -0.15) is 5.26 Å². The van der Waals surface area contributed by atoms with E-state index in [1.54, 1.807) is 0 Å². The number of aryl methyl sites for hydroxylation is 1. The molecular weight excluding hydrogens is 200 g/mol. The first kappa shape index (κ1) is 12.8. The third kappa shape index (κ3) is 3.39. The van der Waals surface area contributed by atoms with Crippen molar-refractivity contribution >= 4 is 0 Å². The highest BCUT2D eigenvalue weighted by Gasteiger charge is 2.16. The maximum Gasteiger partial charge on any atom is 0.0802 e. The van der Waals surface area contributed by atoms with E-state index in [9.17, 15) is 5.11 Å². The molecule has 1 aromatic rings. The zero-order valence-corrected chi connectivity index (χ0v) is 10.3. The monoisotopic (exact) mass is 220 g/mol. The summed E-state index contributed by atoms with van der Waals surface area (Å²) in [4.78, 5) is 0. The van der Waals surface area contributed by atoms with Gasteiger partial charge >= 0.3 is 0 Å². The van der Waals surface area contributed by atoms with Crippen molar-refractivity contribution in [3.8, 4) is 6.07 Å². The summed E-state index contributed by atoms with van der Waals surface area (Å²) < 4.78 is 2.04. The van der Waals surface area contributed by atoms with Gasteiger partial charge in [0.15, 0.2) is 0 Å². The Kier molecular flexibility index (Phi) is 4.14. The van der Waals surface area contributed by atoms with Gasteiger partial charge in [0.25, 0.3) is 0 Å². The summed E-state index contributed by atoms with van der Waals surface area (Å²) in [5, 5.41) is 18.6. The van der Waals surface area contributed by atoms with Gasteiger partial charge in [0.1, 0.15) is 0 Å². The molecule has 0 bridgehead atoms. The Balaban J connectivity index is 2.57. The van der Waals surface area contributed by atoms with Gasteiger partial charge in [-0.25, -0.2) is 0 Å². The van der Waals surface area contributed by atoms with Crippen LogP contribution in [0.2, 0.25) is 0 Å². The highest BCUT2D eigenvalue weighted by atomic mass is 16.3. The molecule has 1 atom stereocenters. The summed E-state index contributed by atoms with van der Waals surface area (Å²) in [6, 6.07) is 4.23. The van der Waals surface area contributed by atoms with Gasteiger partial charge in [-0.05, 0) is 38.3 Å². The molecule has 0 saturated carbocycles. The first-order valence-corrected chi connectivity index (χ1v) is 5.73. The number of rotatable bonds is 5. The molecule has 0 radical (unpaired) electrons. The van der Waals surface area contributed by atoms with E-state index in [1.165, 1.54) is 0 Å². The lowest BCUT2D eigenvalue weighted by Crippen LogP contribution is -2.11. The maximum absolute atomic E-state index is 9.65. The van der Waals surface area contributed by atoms with Crippen molar-refractivity contribution < 1.29 is 5.11 Å². The molecule has 3 heteroatoms. The van der Waals surface area contributed by atoms with Crippen molar-refractivity contribution in [1.29, 1.82) is 5.26 Å². The second kappa shape index (κ2) is 5.18. The lowest BCUT2D eigenvalue weighted by atomic mass is 9.91. The molecule has 3 nitrogen and oxygen atoms in total. The second-order valence-electron chi connectivity index (χ2n) is 4.85. The van der Waals surface area contributed by atoms with Gasteiger partial charge < -0.3 is 9.67 Å². The average Bonchev–Trinajstić information content (AvgIpc) is 2.74. The minimum absolute atomic E-state index is 0.284. The van der Waals surface area contributed by atoms with Crippen LogP contribution in [0.4, 0.5) is 0 Å². The normalized spacial score (nSPS) is 13.4. The van der Waals surface area contributed by atoms with E-state index in [1.807, 2.05) is 43.8 Å². The van der Waals surface area contributed by atoms with Crippen molar-refractivity contribution in [1.82, 2.24) is 4.57 Å². The summed E-state index contributed by atoms with van der Waals surface area (Å²) in [5.41, 5.74) is 0.672. The summed E-state index contributed by atoms with van der Waals surface area (Å²) in [6.45, 7) is 6.66. The fourth-order valence-corrected chi connectivity index (χ4v) is 1.50. The lowest BCUT2D eigenvalue weighted by molar-refractivity contribution is 0.173. The molecule has 0 aliphatic heterocycles. The van der Waals surface area contributed by atoms with E-state index in [2.05, 4.69) is 6.07 Å². The third-order valence-electron chi connectivity index (χ3n) is 2.84. The number of aliphatic hydroxyl groups is 1. The van der Waals surface area contributed by atoms with E-state index in [0.29, 0.717) is 0 Å². The predicted octanol–water partition coefficient (Wildman–Crippen LogP) is 2.87. The average molecular weight is 220 g/mol. The van der Waals surface area contributed by atoms with Crippen LogP contribution >= 0.6 is 0 Å². The molecule has 1 aromatic heterocycles. The lowest BCUT2D eigenvalue weighted by Gasteiger charge is -2.15. The number of nitriles is 1. The van der Waals surface area contributed by atoms with E-state index in [-0.39, 0.29) is 11.5 Å². The van der Waals surface area contributed by atoms with Crippen LogP contribution in [-0.4, -0.2) is 9.67 Å². The molecular formula is C13H20N2O. The Morgan fingerprint density at radius 3 is 2.81 bits per heavy atom. The van der Waals surface area contributed by atoms with Crippen LogP contribution in [0.3, 0.4) is 0 Å². The number of nitrogens with zero attached hydrogens (tertiary/aromatic N) is 2. The number of hydrogen-bond acceptors (Lipinski definition) is 2. The minimum atomic E-state index is -0.370. The molecule has 0 aliphatic carbocycles. The van der Waals surface area contributed by atoms with Crippen LogP contribution in [0.15, 0.2) is 18.5 Å². The summed E-state index contributed by atoms with van der Waals surface area (Å²) in [6.07, 6.45) is 5.10. The van der Waals surface area contributed by atoms with Gasteiger partial charge in [-0.3, -0.25) is 0 Å². The van der Waals surface area contributed by atoms with Gasteiger partial charge in [0.05, 0.1) is 17.6 Å². The Morgan fingerprint density at radius 2 is 2.25 bits per heavy atom. The molecule has 0 amide bonds. The largest absolute Gasteiger partial charge is 0.388 e. The van der Waals surface area contributed by atoms with Crippen LogP contribution in [-0.2, 0) is 6.54 Å². The highest BCUT2D eigenvalue weighted by Crippen LogP contribution is 2.21. The topological polar surface area (TPSA) is 49.0 Å². The summed E-state index contributed by atoms with van der Waals surface area (Å²) in [5.74, 6) is 0. The number of hydrogen-bond donors (Lipinski definition) is 1. The predicted molar refractivity (Wildman–Crippen MR) is 63.7 cm³/mol. The van der Waals surface area contributed by atoms with Crippen LogP contribution < -0.4 is 0 Å². The molecule has 0 fully saturated rings. The SMILES string of the molecule is CCC(O)c1ccn(CCC(C)(C)C#N)c1. The van der Waals surface area contributed by atoms with E-state index in [0.717, 1.165) is 24.9 Å². The fraction of sp³-hybridized carbons (Fsp3) is 0.615. The molecule has 88 valence electrons. The summed E-state index contributed by atoms with van der Waals surface area (Å²) in [7, 11) is 0. The zero-order valence-electron chi connectivity index (χ0n) is 10.3. The third-order valence-corrected chi connectivity index (χ3v) is 2.84. The van der Waals surface area contributed by atoms with Crippen LogP contribution in [0.25, 0.3) is 0 Å². The Morgan fingerprint density at radius 1 is 1.56 bits per heavy atom. The molecule has 16 heavy (non-hydrogen) atoms. The van der Waals surface area contributed by atoms with Crippen molar-refractivity contribution in [2.24, 2.45) is 5.41 Å². The minimum Gasteiger partial charge on any atom is -0.388 e. The molecule has 0 aromatic carbocycles. The molecule has 1 N–H and O–H groups in total. The molecule has 1 rings (SSSR count). The number of aliphatic hydroxyl groups excluding tert-OH is 1. The highest BCUT2D eigenvalue weighted by molar-refractivity contribution is 5.13. The van der Waals surface area contributed by atoms with E-state index >= 15 is 0 Å². The standard InChI is InChI=1S/C13H20N2O/c1-4-12(16)11-5-7-15(9-11)8-6-13(2,3)10-14/h5,7,9,12,16H,4,6,8H2,1-3H3. The Labute approximate surface area is 97.3 Å². The summed E-state index contributed by atoms with van der Waals surface area (Å²) >= 11 is 0. The Bertz CT molecular complexity index is 374. The molecule has 0 saturated heterocycles. The van der Waals surface area contributed by atoms with Crippen molar-refractivity contribution in [2.45, 2.75) is 46.3 Å². The van der Waals surface area contributed by atoms with Gasteiger partial charge in [0.2, 0.25) is 0 Å². The van der Waals surface area contributed by atoms with E-state index in [4.69, 9.17) is 5.26 Å². The molecule has 1 heterocycles. The smallest absolute Gasteiger partial charge is 0.0802 e. The first-order valence-electron chi connectivity index (χ1n) is 5.73. The van der Waals surface area contributed by atoms with Gasteiger partial charge in [0, 0.05) is 18.9 Å². The fourth-order valence-electron chi connectivity index (χ4n) is 1.50. The number of aromatic nitrogens is 1. The van der Waals surface area contributed by atoms with Crippen LogP contribution in [0.1, 0.15) is 45.3 Å². The first-order chi connectivity index (χ1) is 7.48. The van der Waals surface area contributed by atoms with Crippen LogP contribution in [0.5, 0.6) is 0 Å².